The molecule has 122 valence electrons. The van der Waals surface area contributed by atoms with Gasteiger partial charge in [0, 0.05) is 6.20 Å². The third kappa shape index (κ3) is 4.34. The second kappa shape index (κ2) is 8.36. The zero-order valence-corrected chi connectivity index (χ0v) is 13.4. The van der Waals surface area contributed by atoms with Crippen molar-refractivity contribution in [2.24, 2.45) is 5.73 Å². The Hall–Kier alpha value is -2.30. The van der Waals surface area contributed by atoms with Gasteiger partial charge in [0.1, 0.15) is 18.0 Å². The number of allylic oxidation sites excluding steroid dienone is 4. The maximum Gasteiger partial charge on any atom is 0.148 e. The lowest BCUT2D eigenvalue weighted by molar-refractivity contribution is -0.0000214. The highest BCUT2D eigenvalue weighted by molar-refractivity contribution is 5.41. The second-order valence-corrected chi connectivity index (χ2v) is 5.36. The number of nitrogens with one attached hydrogen (secondary N) is 1. The minimum Gasteiger partial charge on any atom is -0.491 e. The molecule has 4 heteroatoms. The Bertz CT molecular complexity index is 618. The molecule has 0 fully saturated rings. The number of hydrogen-bond acceptors (Lipinski definition) is 4. The van der Waals surface area contributed by atoms with Crippen LogP contribution >= 0.6 is 0 Å². The van der Waals surface area contributed by atoms with Crippen molar-refractivity contribution in [1.29, 1.82) is 0 Å². The van der Waals surface area contributed by atoms with E-state index in [-0.39, 0.29) is 6.61 Å². The van der Waals surface area contributed by atoms with Crippen LogP contribution < -0.4 is 11.1 Å². The molecule has 1 aromatic rings. The first-order chi connectivity index (χ1) is 11.2. The molecule has 1 aliphatic carbocycles. The molecule has 0 radical (unpaired) electrons. The number of nitrogens with two attached hydrogens (primary N) is 1. The monoisotopic (exact) mass is 312 g/mol. The van der Waals surface area contributed by atoms with Crippen molar-refractivity contribution in [3.8, 4) is 0 Å². The SMILES string of the molecule is CNC/C(=C/N)OCC(O)(C1=CCC=CC=C1)c1ccccc1. The number of rotatable bonds is 7. The molecular formula is C19H24N2O2. The first-order valence-corrected chi connectivity index (χ1v) is 7.70. The standard InChI is InChI=1S/C19H24N2O2/c1-21-14-18(13-20)23-15-19(22,17-11-7-4-8-12-17)16-9-5-2-3-6-10-16/h2-5,7-13,21-22H,6,14-15,20H2,1H3/b18-13-. The summed E-state index contributed by atoms with van der Waals surface area (Å²) in [4.78, 5) is 0. The van der Waals surface area contributed by atoms with Gasteiger partial charge >= 0.3 is 0 Å². The van der Waals surface area contributed by atoms with Gasteiger partial charge in [-0.15, -0.1) is 0 Å². The first kappa shape index (κ1) is 17.1. The molecule has 0 bridgehead atoms. The van der Waals surface area contributed by atoms with Crippen LogP contribution in [-0.2, 0) is 10.3 Å². The Balaban J connectivity index is 2.30. The van der Waals surface area contributed by atoms with Gasteiger partial charge in [-0.2, -0.15) is 0 Å². The van der Waals surface area contributed by atoms with E-state index in [0.29, 0.717) is 12.3 Å². The summed E-state index contributed by atoms with van der Waals surface area (Å²) >= 11 is 0. The summed E-state index contributed by atoms with van der Waals surface area (Å²) in [5.74, 6) is 0.596. The minimum atomic E-state index is -1.23. The summed E-state index contributed by atoms with van der Waals surface area (Å²) in [6, 6.07) is 9.55. The predicted molar refractivity (Wildman–Crippen MR) is 93.5 cm³/mol. The Morgan fingerprint density at radius 2 is 2.13 bits per heavy atom. The highest BCUT2D eigenvalue weighted by Crippen LogP contribution is 2.32. The molecule has 0 saturated heterocycles. The van der Waals surface area contributed by atoms with Crippen LogP contribution in [0.5, 0.6) is 0 Å². The second-order valence-electron chi connectivity index (χ2n) is 5.36. The average Bonchev–Trinajstić information content (AvgIpc) is 2.89. The lowest BCUT2D eigenvalue weighted by atomic mass is 9.86. The number of benzene rings is 1. The molecule has 0 aromatic heterocycles. The van der Waals surface area contributed by atoms with Crippen molar-refractivity contribution in [3.63, 3.8) is 0 Å². The van der Waals surface area contributed by atoms with Crippen molar-refractivity contribution in [2.75, 3.05) is 20.2 Å². The largest absolute Gasteiger partial charge is 0.491 e. The minimum absolute atomic E-state index is 0.0951. The molecule has 1 atom stereocenters. The van der Waals surface area contributed by atoms with Gasteiger partial charge in [0.05, 0.1) is 6.54 Å². The normalized spacial score (nSPS) is 17.3. The molecule has 0 spiro atoms. The molecular weight excluding hydrogens is 288 g/mol. The summed E-state index contributed by atoms with van der Waals surface area (Å²) in [5, 5.41) is 14.4. The van der Waals surface area contributed by atoms with E-state index in [1.807, 2.05) is 67.8 Å². The fourth-order valence-corrected chi connectivity index (χ4v) is 2.46. The highest BCUT2D eigenvalue weighted by atomic mass is 16.5. The van der Waals surface area contributed by atoms with Gasteiger partial charge in [0.2, 0.25) is 0 Å². The van der Waals surface area contributed by atoms with Crippen LogP contribution in [0.25, 0.3) is 0 Å². The Labute approximate surface area is 137 Å². The van der Waals surface area contributed by atoms with Crippen molar-refractivity contribution >= 4 is 0 Å². The van der Waals surface area contributed by atoms with Crippen LogP contribution in [-0.4, -0.2) is 25.3 Å². The van der Waals surface area contributed by atoms with E-state index in [2.05, 4.69) is 5.32 Å². The molecule has 4 nitrogen and oxygen atoms in total. The fraction of sp³-hybridized carbons (Fsp3) is 0.263. The number of likely N-dealkylation sites (N-methyl/N-ethyl adjacent to an activating group) is 1. The molecule has 0 amide bonds. The van der Waals surface area contributed by atoms with Crippen LogP contribution in [0.4, 0.5) is 0 Å². The summed E-state index contributed by atoms with van der Waals surface area (Å²) in [6.45, 7) is 0.607. The van der Waals surface area contributed by atoms with E-state index in [0.717, 1.165) is 17.6 Å². The van der Waals surface area contributed by atoms with E-state index in [1.165, 1.54) is 6.20 Å². The summed E-state index contributed by atoms with van der Waals surface area (Å²) in [6.07, 6.45) is 12.1. The van der Waals surface area contributed by atoms with Gasteiger partial charge in [-0.05, 0) is 24.6 Å². The average molecular weight is 312 g/mol. The molecule has 0 saturated carbocycles. The molecule has 2 rings (SSSR count). The number of ether oxygens (including phenoxy) is 1. The van der Waals surface area contributed by atoms with Gasteiger partial charge in [-0.1, -0.05) is 60.7 Å². The molecule has 0 heterocycles. The van der Waals surface area contributed by atoms with Crippen LogP contribution in [0, 0.1) is 0 Å². The quantitative estimate of drug-likeness (QED) is 0.676. The zero-order valence-electron chi connectivity index (χ0n) is 13.4. The maximum atomic E-state index is 11.4. The Kier molecular flexibility index (Phi) is 6.20. The van der Waals surface area contributed by atoms with E-state index in [9.17, 15) is 5.11 Å². The highest BCUT2D eigenvalue weighted by Gasteiger charge is 2.33. The smallest absolute Gasteiger partial charge is 0.148 e. The zero-order chi connectivity index (χ0) is 16.5. The summed E-state index contributed by atoms with van der Waals surface area (Å²) in [5.41, 5.74) is 5.96. The van der Waals surface area contributed by atoms with Crippen LogP contribution in [0.1, 0.15) is 12.0 Å². The number of hydrogen-bond donors (Lipinski definition) is 3. The van der Waals surface area contributed by atoms with Gasteiger partial charge in [-0.3, -0.25) is 0 Å². The third-order valence-corrected chi connectivity index (χ3v) is 3.73. The van der Waals surface area contributed by atoms with E-state index in [4.69, 9.17) is 10.5 Å². The van der Waals surface area contributed by atoms with Gasteiger partial charge in [0.15, 0.2) is 0 Å². The number of aliphatic hydroxyl groups is 1. The molecule has 4 N–H and O–H groups in total. The van der Waals surface area contributed by atoms with Gasteiger partial charge in [0.25, 0.3) is 0 Å². The van der Waals surface area contributed by atoms with Crippen molar-refractivity contribution in [3.05, 3.63) is 83.8 Å². The molecule has 23 heavy (non-hydrogen) atoms. The third-order valence-electron chi connectivity index (χ3n) is 3.73. The van der Waals surface area contributed by atoms with Gasteiger partial charge < -0.3 is 20.9 Å². The Morgan fingerprint density at radius 3 is 2.83 bits per heavy atom. The molecule has 1 unspecified atom stereocenters. The predicted octanol–water partition coefficient (Wildman–Crippen LogP) is 2.35. The van der Waals surface area contributed by atoms with E-state index in [1.54, 1.807) is 0 Å². The summed E-state index contributed by atoms with van der Waals surface area (Å²) in [7, 11) is 1.82. The molecule has 1 aliphatic rings. The Morgan fingerprint density at radius 1 is 1.35 bits per heavy atom. The molecule has 1 aromatic carbocycles. The topological polar surface area (TPSA) is 67.5 Å². The molecule has 0 aliphatic heterocycles. The van der Waals surface area contributed by atoms with E-state index >= 15 is 0 Å². The van der Waals surface area contributed by atoms with Crippen molar-refractivity contribution in [2.45, 2.75) is 12.0 Å². The lowest BCUT2D eigenvalue weighted by Crippen LogP contribution is -2.34. The van der Waals surface area contributed by atoms with Crippen LogP contribution in [0.2, 0.25) is 0 Å². The van der Waals surface area contributed by atoms with Crippen LogP contribution in [0.15, 0.2) is 78.2 Å². The van der Waals surface area contributed by atoms with Crippen molar-refractivity contribution in [1.82, 2.24) is 5.32 Å². The fourth-order valence-electron chi connectivity index (χ4n) is 2.46. The lowest BCUT2D eigenvalue weighted by Gasteiger charge is -2.30. The van der Waals surface area contributed by atoms with Gasteiger partial charge in [-0.25, -0.2) is 0 Å². The van der Waals surface area contributed by atoms with E-state index < -0.39 is 5.60 Å². The maximum absolute atomic E-state index is 11.4. The summed E-state index contributed by atoms with van der Waals surface area (Å²) < 4.78 is 5.77. The van der Waals surface area contributed by atoms with Crippen molar-refractivity contribution < 1.29 is 9.84 Å². The first-order valence-electron chi connectivity index (χ1n) is 7.70. The van der Waals surface area contributed by atoms with Crippen LogP contribution in [0.3, 0.4) is 0 Å².